The van der Waals surface area contributed by atoms with Crippen LogP contribution < -0.4 is 5.32 Å². The first-order valence-corrected chi connectivity index (χ1v) is 6.04. The number of carboxylic acid groups (broad SMARTS) is 1. The maximum atomic E-state index is 11.5. The summed E-state index contributed by atoms with van der Waals surface area (Å²) >= 11 is 0. The van der Waals surface area contributed by atoms with Crippen molar-refractivity contribution in [3.05, 3.63) is 30.1 Å². The van der Waals surface area contributed by atoms with Crippen molar-refractivity contribution in [2.24, 2.45) is 5.92 Å². The van der Waals surface area contributed by atoms with Crippen molar-refractivity contribution in [1.82, 2.24) is 10.3 Å². The zero-order chi connectivity index (χ0) is 14.3. The van der Waals surface area contributed by atoms with Gasteiger partial charge in [-0.3, -0.25) is 4.98 Å². The molecule has 2 N–H and O–H groups in total. The van der Waals surface area contributed by atoms with E-state index in [9.17, 15) is 9.59 Å². The zero-order valence-corrected chi connectivity index (χ0v) is 11.0. The fraction of sp³-hybridized carbons (Fsp3) is 0.462. The van der Waals surface area contributed by atoms with E-state index in [1.807, 2.05) is 13.8 Å². The number of ether oxygens (including phenoxy) is 1. The third-order valence-corrected chi connectivity index (χ3v) is 2.39. The van der Waals surface area contributed by atoms with E-state index in [0.29, 0.717) is 6.42 Å². The fourth-order valence-corrected chi connectivity index (χ4v) is 1.51. The third kappa shape index (κ3) is 5.85. The molecule has 0 saturated heterocycles. The van der Waals surface area contributed by atoms with Gasteiger partial charge in [-0.15, -0.1) is 0 Å². The number of nitrogens with zero attached hydrogens (tertiary/aromatic N) is 1. The minimum atomic E-state index is -1.06. The molecule has 0 aliphatic carbocycles. The minimum Gasteiger partial charge on any atom is -0.480 e. The van der Waals surface area contributed by atoms with Crippen LogP contribution in [0.2, 0.25) is 0 Å². The van der Waals surface area contributed by atoms with Gasteiger partial charge < -0.3 is 15.2 Å². The van der Waals surface area contributed by atoms with Crippen molar-refractivity contribution in [2.75, 3.05) is 0 Å². The first-order chi connectivity index (χ1) is 8.99. The molecule has 1 atom stereocenters. The van der Waals surface area contributed by atoms with Gasteiger partial charge in [-0.05, 0) is 18.4 Å². The Morgan fingerprint density at radius 2 is 2.21 bits per heavy atom. The number of pyridine rings is 1. The number of aromatic nitrogens is 1. The Balaban J connectivity index is 2.42. The predicted molar refractivity (Wildman–Crippen MR) is 68.4 cm³/mol. The summed E-state index contributed by atoms with van der Waals surface area (Å²) in [5.74, 6) is -0.897. The summed E-state index contributed by atoms with van der Waals surface area (Å²) < 4.78 is 4.94. The molecule has 1 aromatic heterocycles. The van der Waals surface area contributed by atoms with Crippen molar-refractivity contribution in [1.29, 1.82) is 0 Å². The van der Waals surface area contributed by atoms with Gasteiger partial charge in [0.15, 0.2) is 0 Å². The highest BCUT2D eigenvalue weighted by atomic mass is 16.5. The normalized spacial score (nSPS) is 11.9. The smallest absolute Gasteiger partial charge is 0.408 e. The summed E-state index contributed by atoms with van der Waals surface area (Å²) in [5.41, 5.74) is 0.744. The lowest BCUT2D eigenvalue weighted by Gasteiger charge is -2.16. The van der Waals surface area contributed by atoms with Gasteiger partial charge in [-0.1, -0.05) is 19.9 Å². The quantitative estimate of drug-likeness (QED) is 0.819. The number of amides is 1. The van der Waals surface area contributed by atoms with Crippen molar-refractivity contribution in [3.8, 4) is 0 Å². The Morgan fingerprint density at radius 1 is 1.47 bits per heavy atom. The van der Waals surface area contributed by atoms with Gasteiger partial charge in [0.25, 0.3) is 0 Å². The summed E-state index contributed by atoms with van der Waals surface area (Å²) in [5, 5.41) is 11.3. The number of hydrogen-bond acceptors (Lipinski definition) is 4. The fourth-order valence-electron chi connectivity index (χ4n) is 1.51. The van der Waals surface area contributed by atoms with E-state index in [2.05, 4.69) is 10.3 Å². The molecule has 0 aromatic carbocycles. The van der Waals surface area contributed by atoms with Gasteiger partial charge in [0.05, 0.1) is 0 Å². The Bertz CT molecular complexity index is 420. The Labute approximate surface area is 111 Å². The van der Waals surface area contributed by atoms with Crippen LogP contribution in [0.25, 0.3) is 0 Å². The van der Waals surface area contributed by atoms with Crippen molar-refractivity contribution in [2.45, 2.75) is 32.9 Å². The van der Waals surface area contributed by atoms with Crippen LogP contribution in [0.1, 0.15) is 25.8 Å². The Morgan fingerprint density at radius 3 is 2.74 bits per heavy atom. The number of alkyl carbamates (subject to hydrolysis) is 1. The van der Waals surface area contributed by atoms with E-state index in [1.165, 1.54) is 0 Å². The molecule has 0 aliphatic rings. The Hall–Kier alpha value is -2.11. The molecular weight excluding hydrogens is 248 g/mol. The van der Waals surface area contributed by atoms with Crippen LogP contribution in [0.4, 0.5) is 4.79 Å². The number of carboxylic acids is 1. The van der Waals surface area contributed by atoms with Crippen LogP contribution in [0.3, 0.4) is 0 Å². The molecule has 0 unspecified atom stereocenters. The molecule has 1 amide bonds. The molecule has 0 bridgehead atoms. The highest BCUT2D eigenvalue weighted by molar-refractivity contribution is 5.79. The van der Waals surface area contributed by atoms with Crippen LogP contribution in [0.5, 0.6) is 0 Å². The molecule has 1 heterocycles. The molecule has 19 heavy (non-hydrogen) atoms. The maximum absolute atomic E-state index is 11.5. The number of rotatable bonds is 6. The second-order valence-electron chi connectivity index (χ2n) is 4.60. The molecule has 0 radical (unpaired) electrons. The van der Waals surface area contributed by atoms with E-state index >= 15 is 0 Å². The lowest BCUT2D eigenvalue weighted by Crippen LogP contribution is -2.41. The first kappa shape index (κ1) is 14.9. The van der Waals surface area contributed by atoms with Crippen LogP contribution >= 0.6 is 0 Å². The molecule has 1 rings (SSSR count). The number of nitrogens with one attached hydrogen (secondary N) is 1. The Kier molecular flexibility index (Phi) is 5.78. The third-order valence-electron chi connectivity index (χ3n) is 2.39. The molecule has 0 aliphatic heterocycles. The molecule has 0 spiro atoms. The van der Waals surface area contributed by atoms with Gasteiger partial charge in [-0.2, -0.15) is 0 Å². The highest BCUT2D eigenvalue weighted by Gasteiger charge is 2.21. The van der Waals surface area contributed by atoms with E-state index in [4.69, 9.17) is 9.84 Å². The average Bonchev–Trinajstić information content (AvgIpc) is 2.36. The zero-order valence-electron chi connectivity index (χ0n) is 11.0. The van der Waals surface area contributed by atoms with Gasteiger partial charge in [0, 0.05) is 18.0 Å². The second kappa shape index (κ2) is 7.35. The molecule has 6 nitrogen and oxygen atoms in total. The molecule has 1 aromatic rings. The van der Waals surface area contributed by atoms with Crippen LogP contribution in [-0.2, 0) is 16.1 Å². The molecule has 6 heteroatoms. The minimum absolute atomic E-state index is 0.0632. The van der Waals surface area contributed by atoms with Gasteiger partial charge in [-0.25, -0.2) is 9.59 Å². The molecule has 0 saturated carbocycles. The van der Waals surface area contributed by atoms with Gasteiger partial charge in [0.1, 0.15) is 12.6 Å². The van der Waals surface area contributed by atoms with Crippen molar-refractivity contribution >= 4 is 12.1 Å². The summed E-state index contributed by atoms with van der Waals surface area (Å²) in [7, 11) is 0. The van der Waals surface area contributed by atoms with Crippen LogP contribution in [-0.4, -0.2) is 28.2 Å². The number of hydrogen-bond donors (Lipinski definition) is 2. The van der Waals surface area contributed by atoms with E-state index in [-0.39, 0.29) is 12.5 Å². The standard InChI is InChI=1S/C13H18N2O4/c1-9(2)6-11(12(16)17)15-13(18)19-8-10-4-3-5-14-7-10/h3-5,7,9,11H,6,8H2,1-2H3,(H,15,18)(H,16,17)/t11-/m0/s1. The number of aliphatic carboxylic acids is 1. The van der Waals surface area contributed by atoms with E-state index < -0.39 is 18.1 Å². The van der Waals surface area contributed by atoms with Crippen molar-refractivity contribution < 1.29 is 19.4 Å². The maximum Gasteiger partial charge on any atom is 0.408 e. The lowest BCUT2D eigenvalue weighted by molar-refractivity contribution is -0.139. The van der Waals surface area contributed by atoms with Crippen molar-refractivity contribution in [3.63, 3.8) is 0 Å². The number of carbonyl (C=O) groups excluding carboxylic acids is 1. The summed E-state index contributed by atoms with van der Waals surface area (Å²) in [4.78, 5) is 26.3. The average molecular weight is 266 g/mol. The van der Waals surface area contributed by atoms with E-state index in [0.717, 1.165) is 5.56 Å². The first-order valence-electron chi connectivity index (χ1n) is 6.04. The molecule has 104 valence electrons. The molecule has 0 fully saturated rings. The second-order valence-corrected chi connectivity index (χ2v) is 4.60. The predicted octanol–water partition coefficient (Wildman–Crippen LogP) is 1.81. The summed E-state index contributed by atoms with van der Waals surface area (Å²) in [6.07, 6.45) is 2.82. The topological polar surface area (TPSA) is 88.5 Å². The summed E-state index contributed by atoms with van der Waals surface area (Å²) in [6.45, 7) is 3.84. The van der Waals surface area contributed by atoms with Crippen LogP contribution in [0.15, 0.2) is 24.5 Å². The van der Waals surface area contributed by atoms with Gasteiger partial charge in [0.2, 0.25) is 0 Å². The van der Waals surface area contributed by atoms with Gasteiger partial charge >= 0.3 is 12.1 Å². The monoisotopic (exact) mass is 266 g/mol. The van der Waals surface area contributed by atoms with E-state index in [1.54, 1.807) is 24.5 Å². The lowest BCUT2D eigenvalue weighted by atomic mass is 10.0. The SMILES string of the molecule is CC(C)C[C@H](NC(=O)OCc1cccnc1)C(=O)O. The molecular formula is C13H18N2O4. The van der Waals surface area contributed by atoms with Crippen LogP contribution in [0, 0.1) is 5.92 Å². The summed E-state index contributed by atoms with van der Waals surface area (Å²) in [6, 6.07) is 2.57. The largest absolute Gasteiger partial charge is 0.480 e. The highest BCUT2D eigenvalue weighted by Crippen LogP contribution is 2.06. The number of carbonyl (C=O) groups is 2.